The van der Waals surface area contributed by atoms with Crippen LogP contribution in [-0.4, -0.2) is 54.5 Å². The molecule has 2 unspecified atom stereocenters. The lowest BCUT2D eigenvalue weighted by Crippen LogP contribution is -2.47. The monoisotopic (exact) mass is 360 g/mol. The van der Waals surface area contributed by atoms with E-state index in [9.17, 15) is 14.4 Å². The molecule has 0 spiro atoms. The van der Waals surface area contributed by atoms with Gasteiger partial charge in [-0.05, 0) is 44.0 Å². The summed E-state index contributed by atoms with van der Waals surface area (Å²) in [6, 6.07) is 6.04. The Labute approximate surface area is 152 Å². The highest BCUT2D eigenvalue weighted by Crippen LogP contribution is 2.28. The van der Waals surface area contributed by atoms with Crippen LogP contribution >= 0.6 is 0 Å². The van der Waals surface area contributed by atoms with Crippen molar-refractivity contribution >= 4 is 23.4 Å². The number of carbonyl (C=O) groups excluding carboxylic acids is 3. The van der Waals surface area contributed by atoms with Gasteiger partial charge < -0.3 is 14.4 Å². The lowest BCUT2D eigenvalue weighted by atomic mass is 10.1. The number of imide groups is 1. The van der Waals surface area contributed by atoms with Crippen LogP contribution in [0.25, 0.3) is 0 Å². The molecule has 3 rings (SSSR count). The van der Waals surface area contributed by atoms with Gasteiger partial charge in [0.2, 0.25) is 11.8 Å². The Kier molecular flexibility index (Phi) is 5.56. The molecule has 2 heterocycles. The number of hydrogen-bond donors (Lipinski definition) is 0. The highest BCUT2D eigenvalue weighted by molar-refractivity contribution is 6.23. The minimum absolute atomic E-state index is 0.00164. The first-order valence-electron chi connectivity index (χ1n) is 8.99. The summed E-state index contributed by atoms with van der Waals surface area (Å²) < 4.78 is 11.0. The van der Waals surface area contributed by atoms with Gasteiger partial charge in [0.25, 0.3) is 5.91 Å². The molecule has 2 aliphatic heterocycles. The molecule has 2 fully saturated rings. The second-order valence-electron chi connectivity index (χ2n) is 6.52. The van der Waals surface area contributed by atoms with Gasteiger partial charge in [0.05, 0.1) is 24.8 Å². The Hall–Kier alpha value is -2.41. The fourth-order valence-corrected chi connectivity index (χ4v) is 3.47. The van der Waals surface area contributed by atoms with E-state index in [1.54, 1.807) is 24.3 Å². The van der Waals surface area contributed by atoms with E-state index < -0.39 is 6.04 Å². The van der Waals surface area contributed by atoms with E-state index in [1.165, 1.54) is 11.8 Å². The fraction of sp³-hybridized carbons (Fsp3) is 0.526. The van der Waals surface area contributed by atoms with Crippen molar-refractivity contribution in [3.63, 3.8) is 0 Å². The average molecular weight is 360 g/mol. The molecule has 7 nitrogen and oxygen atoms in total. The first-order valence-corrected chi connectivity index (χ1v) is 8.99. The molecule has 1 aromatic rings. The smallest absolute Gasteiger partial charge is 0.257 e. The van der Waals surface area contributed by atoms with Crippen LogP contribution in [0.1, 0.15) is 33.1 Å². The number of rotatable bonds is 6. The predicted octanol–water partition coefficient (Wildman–Crippen LogP) is 1.74. The van der Waals surface area contributed by atoms with Gasteiger partial charge >= 0.3 is 0 Å². The zero-order chi connectivity index (χ0) is 18.7. The molecule has 2 aliphatic rings. The fourth-order valence-electron chi connectivity index (χ4n) is 3.47. The van der Waals surface area contributed by atoms with Crippen molar-refractivity contribution < 1.29 is 23.9 Å². The van der Waals surface area contributed by atoms with Crippen LogP contribution in [0.4, 0.5) is 5.69 Å². The molecular weight excluding hydrogens is 336 g/mol. The highest BCUT2D eigenvalue weighted by Gasteiger charge is 2.44. The van der Waals surface area contributed by atoms with Gasteiger partial charge in [0.15, 0.2) is 0 Å². The maximum Gasteiger partial charge on any atom is 0.257 e. The van der Waals surface area contributed by atoms with Crippen molar-refractivity contribution in [3.05, 3.63) is 24.3 Å². The van der Waals surface area contributed by atoms with E-state index >= 15 is 0 Å². The third-order valence-electron chi connectivity index (χ3n) is 4.73. The average Bonchev–Trinajstić information content (AvgIpc) is 3.22. The predicted molar refractivity (Wildman–Crippen MR) is 94.9 cm³/mol. The minimum atomic E-state index is -0.768. The minimum Gasteiger partial charge on any atom is -0.494 e. The van der Waals surface area contributed by atoms with Gasteiger partial charge in [-0.25, -0.2) is 4.90 Å². The van der Waals surface area contributed by atoms with Gasteiger partial charge in [-0.15, -0.1) is 0 Å². The van der Waals surface area contributed by atoms with Crippen LogP contribution in [0, 0.1) is 0 Å². The maximum atomic E-state index is 12.9. The summed E-state index contributed by atoms with van der Waals surface area (Å²) in [5.74, 6) is -0.217. The van der Waals surface area contributed by atoms with E-state index in [0.717, 1.165) is 17.7 Å². The molecule has 3 amide bonds. The number of nitrogens with zero attached hydrogens (tertiary/aromatic N) is 2. The molecule has 0 aromatic heterocycles. The van der Waals surface area contributed by atoms with Gasteiger partial charge in [0.1, 0.15) is 11.8 Å². The van der Waals surface area contributed by atoms with E-state index in [0.29, 0.717) is 31.2 Å². The maximum absolute atomic E-state index is 12.9. The lowest BCUT2D eigenvalue weighted by molar-refractivity contribution is -0.138. The Morgan fingerprint density at radius 1 is 1.31 bits per heavy atom. The second kappa shape index (κ2) is 7.86. The molecule has 0 radical (unpaired) electrons. The van der Waals surface area contributed by atoms with Crippen LogP contribution in [0.5, 0.6) is 5.75 Å². The summed E-state index contributed by atoms with van der Waals surface area (Å²) in [7, 11) is 0. The zero-order valence-corrected chi connectivity index (χ0v) is 15.1. The molecule has 0 N–H and O–H groups in total. The highest BCUT2D eigenvalue weighted by atomic mass is 16.5. The van der Waals surface area contributed by atoms with Crippen LogP contribution in [0.3, 0.4) is 0 Å². The molecule has 2 atom stereocenters. The van der Waals surface area contributed by atoms with Gasteiger partial charge in [0, 0.05) is 20.1 Å². The summed E-state index contributed by atoms with van der Waals surface area (Å²) in [6.07, 6.45) is 1.74. The molecule has 140 valence electrons. The number of ether oxygens (including phenoxy) is 2. The Morgan fingerprint density at radius 2 is 2.04 bits per heavy atom. The molecule has 1 aromatic carbocycles. The number of carbonyl (C=O) groups is 3. The Morgan fingerprint density at radius 3 is 2.62 bits per heavy atom. The third-order valence-corrected chi connectivity index (χ3v) is 4.73. The SMILES string of the molecule is CCOc1ccc(N2C(=O)CC(N(CC3CCCO3)C(C)=O)C2=O)cc1. The van der Waals surface area contributed by atoms with Crippen LogP contribution in [-0.2, 0) is 19.1 Å². The van der Waals surface area contributed by atoms with Crippen molar-refractivity contribution in [1.82, 2.24) is 4.90 Å². The molecule has 2 saturated heterocycles. The van der Waals surface area contributed by atoms with E-state index in [4.69, 9.17) is 9.47 Å². The quantitative estimate of drug-likeness (QED) is 0.723. The number of benzene rings is 1. The van der Waals surface area contributed by atoms with Crippen molar-refractivity contribution in [1.29, 1.82) is 0 Å². The number of amides is 3. The number of anilines is 1. The number of hydrogen-bond acceptors (Lipinski definition) is 5. The van der Waals surface area contributed by atoms with Gasteiger partial charge in [-0.2, -0.15) is 0 Å². The summed E-state index contributed by atoms with van der Waals surface area (Å²) in [4.78, 5) is 40.1. The van der Waals surface area contributed by atoms with Crippen LogP contribution in [0.15, 0.2) is 24.3 Å². The third kappa shape index (κ3) is 3.72. The lowest BCUT2D eigenvalue weighted by Gasteiger charge is -2.28. The van der Waals surface area contributed by atoms with E-state index in [2.05, 4.69) is 0 Å². The Bertz CT molecular complexity index is 682. The van der Waals surface area contributed by atoms with Crippen LogP contribution in [0.2, 0.25) is 0 Å². The second-order valence-corrected chi connectivity index (χ2v) is 6.52. The topological polar surface area (TPSA) is 76.2 Å². The summed E-state index contributed by atoms with van der Waals surface area (Å²) >= 11 is 0. The molecule has 0 bridgehead atoms. The van der Waals surface area contributed by atoms with Crippen molar-refractivity contribution in [2.24, 2.45) is 0 Å². The molecule has 0 saturated carbocycles. The standard InChI is InChI=1S/C19H24N2O5/c1-3-25-15-8-6-14(7-9-15)21-18(23)11-17(19(21)24)20(13(2)22)12-16-5-4-10-26-16/h6-9,16-17H,3-5,10-12H2,1-2H3. The van der Waals surface area contributed by atoms with Crippen molar-refractivity contribution in [3.8, 4) is 5.75 Å². The molecule has 7 heteroatoms. The van der Waals surface area contributed by atoms with Gasteiger partial charge in [-0.3, -0.25) is 14.4 Å². The van der Waals surface area contributed by atoms with Gasteiger partial charge in [-0.1, -0.05) is 0 Å². The zero-order valence-electron chi connectivity index (χ0n) is 15.1. The summed E-state index contributed by atoms with van der Waals surface area (Å²) in [5, 5.41) is 0. The van der Waals surface area contributed by atoms with Crippen molar-refractivity contribution in [2.45, 2.75) is 45.3 Å². The first-order chi connectivity index (χ1) is 12.5. The van der Waals surface area contributed by atoms with Crippen molar-refractivity contribution in [2.75, 3.05) is 24.7 Å². The van der Waals surface area contributed by atoms with E-state index in [1.807, 2.05) is 6.92 Å². The van der Waals surface area contributed by atoms with Crippen LogP contribution < -0.4 is 9.64 Å². The Balaban J connectivity index is 1.76. The molecule has 26 heavy (non-hydrogen) atoms. The van der Waals surface area contributed by atoms with E-state index in [-0.39, 0.29) is 30.2 Å². The molecular formula is C19H24N2O5. The summed E-state index contributed by atoms with van der Waals surface area (Å²) in [5.41, 5.74) is 0.492. The largest absolute Gasteiger partial charge is 0.494 e. The summed E-state index contributed by atoms with van der Waals surface area (Å²) in [6.45, 7) is 4.87. The normalized spacial score (nSPS) is 22.8. The molecule has 0 aliphatic carbocycles. The first kappa shape index (κ1) is 18.4.